The first kappa shape index (κ1) is 12.6. The Hall–Kier alpha value is -0.820. The molecule has 0 saturated carbocycles. The van der Waals surface area contributed by atoms with Crippen molar-refractivity contribution >= 4 is 0 Å². The summed E-state index contributed by atoms with van der Waals surface area (Å²) in [7, 11) is 0. The molecule has 0 radical (unpaired) electrons. The average Bonchev–Trinajstić information content (AvgIpc) is 2.65. The van der Waals surface area contributed by atoms with Gasteiger partial charge in [-0.1, -0.05) is 63.3 Å². The zero-order valence-electron chi connectivity index (χ0n) is 10.9. The molecule has 0 atom stereocenters. The molecule has 2 rings (SSSR count). The molecule has 0 aliphatic heterocycles. The fraction of sp³-hybridized carbons (Fsp3) is 0.625. The number of hydrogen-bond acceptors (Lipinski definition) is 1. The lowest BCUT2D eigenvalue weighted by molar-refractivity contribution is 0.0396. The Morgan fingerprint density at radius 2 is 1.59 bits per heavy atom. The summed E-state index contributed by atoms with van der Waals surface area (Å²) in [4.78, 5) is 0. The molecule has 0 saturated heterocycles. The zero-order valence-corrected chi connectivity index (χ0v) is 10.9. The van der Waals surface area contributed by atoms with Crippen LogP contribution in [0.2, 0.25) is 0 Å². The second-order valence-electron chi connectivity index (χ2n) is 5.51. The predicted molar refractivity (Wildman–Crippen MR) is 72.2 cm³/mol. The summed E-state index contributed by atoms with van der Waals surface area (Å²) in [6, 6.07) is 8.46. The number of benzene rings is 1. The van der Waals surface area contributed by atoms with E-state index in [1.165, 1.54) is 43.2 Å². The van der Waals surface area contributed by atoms with Gasteiger partial charge in [-0.25, -0.2) is 0 Å². The van der Waals surface area contributed by atoms with Crippen molar-refractivity contribution < 1.29 is 5.11 Å². The van der Waals surface area contributed by atoms with Crippen LogP contribution in [0.3, 0.4) is 0 Å². The second-order valence-corrected chi connectivity index (χ2v) is 5.51. The second kappa shape index (κ2) is 5.68. The van der Waals surface area contributed by atoms with Gasteiger partial charge >= 0.3 is 0 Å². The summed E-state index contributed by atoms with van der Waals surface area (Å²) >= 11 is 0. The highest BCUT2D eigenvalue weighted by atomic mass is 16.3. The molecule has 1 aliphatic rings. The molecule has 1 N–H and O–H groups in total. The zero-order chi connectivity index (χ0) is 12.1. The Kier molecular flexibility index (Phi) is 4.22. The molecular weight excluding hydrogens is 208 g/mol. The number of aliphatic hydroxyl groups is 1. The molecule has 1 aliphatic carbocycles. The van der Waals surface area contributed by atoms with Crippen LogP contribution in [-0.4, -0.2) is 10.7 Å². The molecular formula is C16H24O. The minimum absolute atomic E-state index is 0.449. The molecule has 0 heterocycles. The molecule has 17 heavy (non-hydrogen) atoms. The monoisotopic (exact) mass is 232 g/mol. The van der Waals surface area contributed by atoms with Crippen molar-refractivity contribution in [2.24, 2.45) is 0 Å². The molecule has 0 bridgehead atoms. The van der Waals surface area contributed by atoms with Gasteiger partial charge < -0.3 is 5.11 Å². The van der Waals surface area contributed by atoms with Crippen LogP contribution >= 0.6 is 0 Å². The Morgan fingerprint density at radius 1 is 1.00 bits per heavy atom. The van der Waals surface area contributed by atoms with E-state index in [0.29, 0.717) is 0 Å². The smallest absolute Gasteiger partial charge is 0.0728 e. The van der Waals surface area contributed by atoms with Gasteiger partial charge in [0.05, 0.1) is 5.60 Å². The molecule has 0 amide bonds. The fourth-order valence-electron chi connectivity index (χ4n) is 2.91. The Morgan fingerprint density at radius 3 is 2.18 bits per heavy atom. The lowest BCUT2D eigenvalue weighted by Gasteiger charge is -2.21. The standard InChI is InChI=1S/C16H24O/c1-2-3-4-5-8-11-16(17)12-14-9-6-7-10-15(14)13-16/h6-7,9-10,17H,2-5,8,11-13H2,1H3. The molecule has 0 unspecified atom stereocenters. The van der Waals surface area contributed by atoms with Crippen LogP contribution in [0, 0.1) is 0 Å². The van der Waals surface area contributed by atoms with Crippen LogP contribution in [-0.2, 0) is 12.8 Å². The van der Waals surface area contributed by atoms with Gasteiger partial charge in [0.1, 0.15) is 0 Å². The van der Waals surface area contributed by atoms with Gasteiger partial charge in [0, 0.05) is 12.8 Å². The van der Waals surface area contributed by atoms with E-state index < -0.39 is 5.60 Å². The number of fused-ring (bicyclic) bond motifs is 1. The van der Waals surface area contributed by atoms with E-state index in [9.17, 15) is 5.11 Å². The van der Waals surface area contributed by atoms with Gasteiger partial charge in [-0.3, -0.25) is 0 Å². The molecule has 1 aromatic rings. The number of unbranched alkanes of at least 4 members (excludes halogenated alkanes) is 4. The van der Waals surface area contributed by atoms with Crippen LogP contribution < -0.4 is 0 Å². The van der Waals surface area contributed by atoms with Crippen molar-refractivity contribution in [1.29, 1.82) is 0 Å². The van der Waals surface area contributed by atoms with Gasteiger partial charge in [0.2, 0.25) is 0 Å². The van der Waals surface area contributed by atoms with Crippen molar-refractivity contribution in [3.8, 4) is 0 Å². The van der Waals surface area contributed by atoms with E-state index in [2.05, 4.69) is 31.2 Å². The highest BCUT2D eigenvalue weighted by Gasteiger charge is 2.33. The van der Waals surface area contributed by atoms with E-state index in [1.54, 1.807) is 0 Å². The fourth-order valence-corrected chi connectivity index (χ4v) is 2.91. The molecule has 0 aromatic heterocycles. The van der Waals surface area contributed by atoms with Gasteiger partial charge in [-0.15, -0.1) is 0 Å². The molecule has 94 valence electrons. The van der Waals surface area contributed by atoms with Crippen molar-refractivity contribution in [2.45, 2.75) is 63.9 Å². The maximum atomic E-state index is 10.6. The molecule has 0 fully saturated rings. The highest BCUT2D eigenvalue weighted by molar-refractivity contribution is 5.35. The lowest BCUT2D eigenvalue weighted by Crippen LogP contribution is -2.28. The first-order valence-corrected chi connectivity index (χ1v) is 7.03. The minimum Gasteiger partial charge on any atom is -0.389 e. The van der Waals surface area contributed by atoms with Crippen LogP contribution in [0.4, 0.5) is 0 Å². The topological polar surface area (TPSA) is 20.2 Å². The summed E-state index contributed by atoms with van der Waals surface area (Å²) in [5.74, 6) is 0. The van der Waals surface area contributed by atoms with Crippen molar-refractivity contribution in [3.05, 3.63) is 35.4 Å². The summed E-state index contributed by atoms with van der Waals surface area (Å²) in [6.45, 7) is 2.24. The predicted octanol–water partition coefficient (Wildman–Crippen LogP) is 3.88. The maximum Gasteiger partial charge on any atom is 0.0728 e. The molecule has 1 nitrogen and oxygen atoms in total. The normalized spacial score (nSPS) is 17.1. The summed E-state index contributed by atoms with van der Waals surface area (Å²) in [5, 5.41) is 10.6. The Bertz CT molecular complexity index is 331. The minimum atomic E-state index is -0.449. The summed E-state index contributed by atoms with van der Waals surface area (Å²) < 4.78 is 0. The van der Waals surface area contributed by atoms with Crippen molar-refractivity contribution in [2.75, 3.05) is 0 Å². The van der Waals surface area contributed by atoms with E-state index in [0.717, 1.165) is 19.3 Å². The molecule has 0 spiro atoms. The number of hydrogen-bond donors (Lipinski definition) is 1. The van der Waals surface area contributed by atoms with Crippen LogP contribution in [0.15, 0.2) is 24.3 Å². The average molecular weight is 232 g/mol. The van der Waals surface area contributed by atoms with Crippen LogP contribution in [0.25, 0.3) is 0 Å². The Labute approximate surface area is 105 Å². The van der Waals surface area contributed by atoms with Gasteiger partial charge in [-0.2, -0.15) is 0 Å². The van der Waals surface area contributed by atoms with Crippen LogP contribution in [0.5, 0.6) is 0 Å². The van der Waals surface area contributed by atoms with E-state index in [1.807, 2.05) is 0 Å². The Balaban J connectivity index is 1.79. The third kappa shape index (κ3) is 3.32. The largest absolute Gasteiger partial charge is 0.389 e. The summed E-state index contributed by atoms with van der Waals surface area (Å²) in [6.07, 6.45) is 9.06. The molecule has 1 aromatic carbocycles. The first-order chi connectivity index (χ1) is 8.23. The SMILES string of the molecule is CCCCCCCC1(O)Cc2ccccc2C1. The third-order valence-corrected chi connectivity index (χ3v) is 3.90. The first-order valence-electron chi connectivity index (χ1n) is 7.03. The molecule has 1 heteroatoms. The maximum absolute atomic E-state index is 10.6. The van der Waals surface area contributed by atoms with Crippen LogP contribution in [0.1, 0.15) is 56.6 Å². The number of rotatable bonds is 6. The van der Waals surface area contributed by atoms with Crippen molar-refractivity contribution in [3.63, 3.8) is 0 Å². The van der Waals surface area contributed by atoms with Gasteiger partial charge in [0.25, 0.3) is 0 Å². The highest BCUT2D eigenvalue weighted by Crippen LogP contribution is 2.33. The summed E-state index contributed by atoms with van der Waals surface area (Å²) in [5.41, 5.74) is 2.25. The van der Waals surface area contributed by atoms with E-state index in [4.69, 9.17) is 0 Å². The van der Waals surface area contributed by atoms with Crippen molar-refractivity contribution in [1.82, 2.24) is 0 Å². The van der Waals surface area contributed by atoms with Gasteiger partial charge in [-0.05, 0) is 17.5 Å². The lowest BCUT2D eigenvalue weighted by atomic mass is 9.93. The quantitative estimate of drug-likeness (QED) is 0.738. The van der Waals surface area contributed by atoms with Gasteiger partial charge in [0.15, 0.2) is 0 Å². The van der Waals surface area contributed by atoms with E-state index in [-0.39, 0.29) is 0 Å². The van der Waals surface area contributed by atoms with E-state index >= 15 is 0 Å². The third-order valence-electron chi connectivity index (χ3n) is 3.90.